The summed E-state index contributed by atoms with van der Waals surface area (Å²) in [5, 5.41) is 0. The summed E-state index contributed by atoms with van der Waals surface area (Å²) in [5.41, 5.74) is 3.07. The summed E-state index contributed by atoms with van der Waals surface area (Å²) in [6, 6.07) is 13.3. The van der Waals surface area contributed by atoms with Crippen molar-refractivity contribution in [3.63, 3.8) is 0 Å². The van der Waals surface area contributed by atoms with E-state index in [9.17, 15) is 4.79 Å². The molecule has 3 aromatic rings. The maximum atomic E-state index is 12.4. The number of aryl methyl sites for hydroxylation is 2. The largest absolute Gasteiger partial charge is 0.485 e. The van der Waals surface area contributed by atoms with Crippen molar-refractivity contribution >= 4 is 0 Å². The van der Waals surface area contributed by atoms with E-state index in [1.165, 1.54) is 11.6 Å². The highest BCUT2D eigenvalue weighted by Crippen LogP contribution is 2.13. The van der Waals surface area contributed by atoms with Crippen LogP contribution in [0.4, 0.5) is 0 Å². The summed E-state index contributed by atoms with van der Waals surface area (Å²) in [6.45, 7) is 4.74. The quantitative estimate of drug-likeness (QED) is 0.725. The Labute approximate surface area is 140 Å². The standard InChI is InChI=1S/C19H19N3O2/c1-14-4-6-16(7-5-14)12-22-15(2)10-17(11-19(22)23)24-13-18-20-8-3-9-21-18/h3-11H,12-13H2,1-2H3. The smallest absolute Gasteiger partial charge is 0.254 e. The Balaban J connectivity index is 1.76. The van der Waals surface area contributed by atoms with Crippen LogP contribution in [0.3, 0.4) is 0 Å². The number of rotatable bonds is 5. The van der Waals surface area contributed by atoms with Gasteiger partial charge in [0.25, 0.3) is 5.56 Å². The maximum Gasteiger partial charge on any atom is 0.254 e. The van der Waals surface area contributed by atoms with E-state index in [4.69, 9.17) is 4.74 Å². The summed E-state index contributed by atoms with van der Waals surface area (Å²) in [4.78, 5) is 20.6. The molecule has 0 saturated carbocycles. The Morgan fingerprint density at radius 1 is 1.04 bits per heavy atom. The topological polar surface area (TPSA) is 57.0 Å². The SMILES string of the molecule is Cc1ccc(Cn2c(C)cc(OCc3ncccn3)cc2=O)cc1. The molecule has 24 heavy (non-hydrogen) atoms. The van der Waals surface area contributed by atoms with E-state index in [1.54, 1.807) is 23.0 Å². The normalized spacial score (nSPS) is 10.6. The highest BCUT2D eigenvalue weighted by Gasteiger charge is 2.06. The van der Waals surface area contributed by atoms with Crippen LogP contribution in [0, 0.1) is 13.8 Å². The Morgan fingerprint density at radius 2 is 1.75 bits per heavy atom. The first-order chi connectivity index (χ1) is 11.6. The second kappa shape index (κ2) is 7.08. The van der Waals surface area contributed by atoms with Crippen molar-refractivity contribution in [2.75, 3.05) is 0 Å². The summed E-state index contributed by atoms with van der Waals surface area (Å²) >= 11 is 0. The highest BCUT2D eigenvalue weighted by molar-refractivity contribution is 5.26. The zero-order valence-corrected chi connectivity index (χ0v) is 13.8. The monoisotopic (exact) mass is 321 g/mol. The summed E-state index contributed by atoms with van der Waals surface area (Å²) in [6.07, 6.45) is 3.33. The summed E-state index contributed by atoms with van der Waals surface area (Å²) in [7, 11) is 0. The Morgan fingerprint density at radius 3 is 2.42 bits per heavy atom. The Kier molecular flexibility index (Phi) is 4.70. The van der Waals surface area contributed by atoms with Gasteiger partial charge in [-0.3, -0.25) is 4.79 Å². The molecule has 0 fully saturated rings. The minimum atomic E-state index is -0.0837. The first-order valence-corrected chi connectivity index (χ1v) is 7.77. The van der Waals surface area contributed by atoms with E-state index in [-0.39, 0.29) is 12.2 Å². The van der Waals surface area contributed by atoms with E-state index in [0.29, 0.717) is 18.1 Å². The van der Waals surface area contributed by atoms with Gasteiger partial charge >= 0.3 is 0 Å². The molecule has 0 bridgehead atoms. The van der Waals surface area contributed by atoms with Gasteiger partial charge in [0.15, 0.2) is 5.82 Å². The van der Waals surface area contributed by atoms with Gasteiger partial charge in [0.05, 0.1) is 6.54 Å². The molecular formula is C19H19N3O2. The second-order valence-corrected chi connectivity index (χ2v) is 5.70. The van der Waals surface area contributed by atoms with E-state index in [1.807, 2.05) is 44.2 Å². The number of ether oxygens (including phenoxy) is 1. The van der Waals surface area contributed by atoms with Crippen LogP contribution in [0.15, 0.2) is 59.7 Å². The van der Waals surface area contributed by atoms with Crippen molar-refractivity contribution in [2.45, 2.75) is 27.0 Å². The van der Waals surface area contributed by atoms with Crippen molar-refractivity contribution in [2.24, 2.45) is 0 Å². The molecule has 0 amide bonds. The van der Waals surface area contributed by atoms with Crippen LogP contribution in [-0.4, -0.2) is 14.5 Å². The zero-order valence-electron chi connectivity index (χ0n) is 13.8. The summed E-state index contributed by atoms with van der Waals surface area (Å²) in [5.74, 6) is 1.11. The molecule has 0 N–H and O–H groups in total. The van der Waals surface area contributed by atoms with E-state index >= 15 is 0 Å². The van der Waals surface area contributed by atoms with Crippen molar-refractivity contribution in [3.8, 4) is 5.75 Å². The van der Waals surface area contributed by atoms with Crippen molar-refractivity contribution in [1.82, 2.24) is 14.5 Å². The number of nitrogens with zero attached hydrogens (tertiary/aromatic N) is 3. The lowest BCUT2D eigenvalue weighted by Crippen LogP contribution is -2.22. The lowest BCUT2D eigenvalue weighted by molar-refractivity contribution is 0.294. The molecule has 1 aromatic carbocycles. The van der Waals surface area contributed by atoms with Crippen molar-refractivity contribution < 1.29 is 4.74 Å². The van der Waals surface area contributed by atoms with Gasteiger partial charge in [-0.15, -0.1) is 0 Å². The first kappa shape index (κ1) is 15.9. The fraction of sp³-hybridized carbons (Fsp3) is 0.211. The second-order valence-electron chi connectivity index (χ2n) is 5.70. The van der Waals surface area contributed by atoms with Crippen LogP contribution in [0.5, 0.6) is 5.75 Å². The number of pyridine rings is 1. The fourth-order valence-corrected chi connectivity index (χ4v) is 2.41. The minimum Gasteiger partial charge on any atom is -0.485 e. The van der Waals surface area contributed by atoms with Crippen LogP contribution < -0.4 is 10.3 Å². The van der Waals surface area contributed by atoms with E-state index < -0.39 is 0 Å². The summed E-state index contributed by atoms with van der Waals surface area (Å²) < 4.78 is 7.37. The third-order valence-electron chi connectivity index (χ3n) is 3.76. The third-order valence-corrected chi connectivity index (χ3v) is 3.76. The molecule has 0 aliphatic rings. The predicted octanol–water partition coefficient (Wildman–Crippen LogP) is 2.88. The fourth-order valence-electron chi connectivity index (χ4n) is 2.41. The molecule has 0 saturated heterocycles. The van der Waals surface area contributed by atoms with Gasteiger partial charge in [-0.1, -0.05) is 29.8 Å². The molecule has 5 nitrogen and oxygen atoms in total. The number of hydrogen-bond donors (Lipinski definition) is 0. The van der Waals surface area contributed by atoms with Gasteiger partial charge < -0.3 is 9.30 Å². The molecule has 0 spiro atoms. The van der Waals surface area contributed by atoms with Crippen LogP contribution in [0.25, 0.3) is 0 Å². The first-order valence-electron chi connectivity index (χ1n) is 7.77. The van der Waals surface area contributed by atoms with Crippen molar-refractivity contribution in [3.05, 3.63) is 87.9 Å². The molecule has 2 heterocycles. The number of benzene rings is 1. The van der Waals surface area contributed by atoms with Gasteiger partial charge in [-0.25, -0.2) is 9.97 Å². The molecule has 0 atom stereocenters. The predicted molar refractivity (Wildman–Crippen MR) is 92.1 cm³/mol. The molecule has 2 aromatic heterocycles. The molecule has 5 heteroatoms. The Hall–Kier alpha value is -2.95. The highest BCUT2D eigenvalue weighted by atomic mass is 16.5. The van der Waals surface area contributed by atoms with Crippen LogP contribution >= 0.6 is 0 Å². The van der Waals surface area contributed by atoms with Crippen LogP contribution in [0.1, 0.15) is 22.6 Å². The number of aromatic nitrogens is 3. The van der Waals surface area contributed by atoms with Crippen molar-refractivity contribution in [1.29, 1.82) is 0 Å². The Bertz CT molecular complexity index is 871. The van der Waals surface area contributed by atoms with E-state index in [2.05, 4.69) is 9.97 Å². The lowest BCUT2D eigenvalue weighted by Gasteiger charge is -2.12. The van der Waals surface area contributed by atoms with Gasteiger partial charge in [0.2, 0.25) is 0 Å². The third kappa shape index (κ3) is 3.87. The maximum absolute atomic E-state index is 12.4. The van der Waals surface area contributed by atoms with Gasteiger partial charge in [-0.2, -0.15) is 0 Å². The molecule has 0 aliphatic carbocycles. The molecule has 0 unspecified atom stereocenters. The molecule has 3 rings (SSSR count). The molecule has 0 aliphatic heterocycles. The molecular weight excluding hydrogens is 302 g/mol. The molecule has 122 valence electrons. The number of hydrogen-bond acceptors (Lipinski definition) is 4. The van der Waals surface area contributed by atoms with Gasteiger partial charge in [-0.05, 0) is 31.5 Å². The molecule has 0 radical (unpaired) electrons. The minimum absolute atomic E-state index is 0.0837. The lowest BCUT2D eigenvalue weighted by atomic mass is 10.1. The van der Waals surface area contributed by atoms with Crippen LogP contribution in [-0.2, 0) is 13.2 Å². The van der Waals surface area contributed by atoms with Crippen LogP contribution in [0.2, 0.25) is 0 Å². The van der Waals surface area contributed by atoms with Gasteiger partial charge in [0, 0.05) is 24.2 Å². The van der Waals surface area contributed by atoms with Gasteiger partial charge in [0.1, 0.15) is 12.4 Å². The average Bonchev–Trinajstić information content (AvgIpc) is 2.59. The average molecular weight is 321 g/mol. The van der Waals surface area contributed by atoms with E-state index in [0.717, 1.165) is 11.3 Å². The zero-order chi connectivity index (χ0) is 16.9.